The molecule has 146 valence electrons. The van der Waals surface area contributed by atoms with Crippen LogP contribution in [0.15, 0.2) is 53.3 Å². The maximum absolute atomic E-state index is 12.9. The van der Waals surface area contributed by atoms with Crippen molar-refractivity contribution in [2.24, 2.45) is 0 Å². The van der Waals surface area contributed by atoms with Crippen molar-refractivity contribution in [3.8, 4) is 5.75 Å². The number of ether oxygens (including phenoxy) is 1. The number of amides is 1. The van der Waals surface area contributed by atoms with Crippen molar-refractivity contribution in [3.05, 3.63) is 75.6 Å². The second-order valence-electron chi connectivity index (χ2n) is 7.35. The molecule has 2 aromatic carbocycles. The first-order valence-electron chi connectivity index (χ1n) is 9.42. The van der Waals surface area contributed by atoms with Gasteiger partial charge in [0.15, 0.2) is 0 Å². The average Bonchev–Trinajstić information content (AvgIpc) is 2.66. The zero-order valence-electron chi connectivity index (χ0n) is 16.8. The monoisotopic (exact) mass is 378 g/mol. The van der Waals surface area contributed by atoms with E-state index in [1.807, 2.05) is 69.3 Å². The molecule has 1 heterocycles. The van der Waals surface area contributed by atoms with Gasteiger partial charge in [-0.1, -0.05) is 24.3 Å². The lowest BCUT2D eigenvalue weighted by molar-refractivity contribution is -0.132. The second kappa shape index (κ2) is 8.30. The van der Waals surface area contributed by atoms with Gasteiger partial charge in [0.2, 0.25) is 5.91 Å². The second-order valence-corrected chi connectivity index (χ2v) is 7.35. The summed E-state index contributed by atoms with van der Waals surface area (Å²) in [5.74, 6) is 0.749. The highest BCUT2D eigenvalue weighted by atomic mass is 16.5. The van der Waals surface area contributed by atoms with Crippen LogP contribution >= 0.6 is 0 Å². The molecule has 0 saturated heterocycles. The molecule has 0 bridgehead atoms. The van der Waals surface area contributed by atoms with Crippen LogP contribution in [0.3, 0.4) is 0 Å². The third-order valence-electron chi connectivity index (χ3n) is 4.88. The summed E-state index contributed by atoms with van der Waals surface area (Å²) in [6.07, 6.45) is 0.285. The van der Waals surface area contributed by atoms with Crippen LogP contribution < -0.4 is 10.3 Å². The number of benzene rings is 2. The van der Waals surface area contributed by atoms with E-state index in [1.165, 1.54) is 0 Å². The fourth-order valence-corrected chi connectivity index (χ4v) is 3.24. The molecule has 0 aliphatic heterocycles. The molecule has 0 atom stereocenters. The SMILES string of the molecule is COc1ccc(CC(=O)N(Cc2cc3ccc(C)cc3[nH]c2=O)C(C)C)cc1. The topological polar surface area (TPSA) is 62.4 Å². The Bertz CT molecular complexity index is 1040. The normalized spacial score (nSPS) is 11.0. The smallest absolute Gasteiger partial charge is 0.253 e. The molecule has 0 radical (unpaired) electrons. The molecular formula is C23H26N2O3. The van der Waals surface area contributed by atoms with Crippen LogP contribution in [0.1, 0.15) is 30.5 Å². The van der Waals surface area contributed by atoms with Gasteiger partial charge in [-0.2, -0.15) is 0 Å². The van der Waals surface area contributed by atoms with Crippen LogP contribution in [0.4, 0.5) is 0 Å². The molecule has 0 saturated carbocycles. The molecule has 28 heavy (non-hydrogen) atoms. The van der Waals surface area contributed by atoms with Crippen LogP contribution in [0.2, 0.25) is 0 Å². The van der Waals surface area contributed by atoms with Gasteiger partial charge in [0.25, 0.3) is 5.56 Å². The molecular weight excluding hydrogens is 352 g/mol. The van der Waals surface area contributed by atoms with Crippen LogP contribution in [0.25, 0.3) is 10.9 Å². The van der Waals surface area contributed by atoms with E-state index in [1.54, 1.807) is 12.0 Å². The van der Waals surface area contributed by atoms with Crippen molar-refractivity contribution in [2.45, 2.75) is 39.8 Å². The number of aromatic amines is 1. The first-order chi connectivity index (χ1) is 13.4. The van der Waals surface area contributed by atoms with Gasteiger partial charge in [-0.15, -0.1) is 0 Å². The molecule has 0 spiro atoms. The van der Waals surface area contributed by atoms with Crippen LogP contribution in [-0.4, -0.2) is 28.9 Å². The Balaban J connectivity index is 1.83. The molecule has 1 aromatic heterocycles. The summed E-state index contributed by atoms with van der Waals surface area (Å²) in [5.41, 5.74) is 3.26. The van der Waals surface area contributed by atoms with Crippen LogP contribution in [0, 0.1) is 6.92 Å². The van der Waals surface area contributed by atoms with E-state index in [4.69, 9.17) is 4.74 Å². The van der Waals surface area contributed by atoms with Crippen molar-refractivity contribution >= 4 is 16.8 Å². The predicted molar refractivity (Wildman–Crippen MR) is 112 cm³/mol. The molecule has 3 aromatic rings. The van der Waals surface area contributed by atoms with E-state index < -0.39 is 0 Å². The van der Waals surface area contributed by atoms with E-state index in [-0.39, 0.29) is 30.5 Å². The average molecular weight is 378 g/mol. The van der Waals surface area contributed by atoms with Gasteiger partial charge in [0.1, 0.15) is 5.75 Å². The lowest BCUT2D eigenvalue weighted by atomic mass is 10.1. The minimum atomic E-state index is -0.152. The molecule has 0 unspecified atom stereocenters. The lowest BCUT2D eigenvalue weighted by Gasteiger charge is -2.27. The molecule has 5 nitrogen and oxygen atoms in total. The standard InChI is InChI=1S/C23H26N2O3/c1-15(2)25(22(26)12-17-6-9-20(28-4)10-7-17)14-19-13-18-8-5-16(3)11-21(18)24-23(19)27/h5-11,13,15H,12,14H2,1-4H3,(H,24,27). The minimum Gasteiger partial charge on any atom is -0.497 e. The highest BCUT2D eigenvalue weighted by molar-refractivity contribution is 5.81. The first kappa shape index (κ1) is 19.7. The Morgan fingerprint density at radius 2 is 1.82 bits per heavy atom. The number of nitrogens with zero attached hydrogens (tertiary/aromatic N) is 1. The van der Waals surface area contributed by atoms with Crippen molar-refractivity contribution < 1.29 is 9.53 Å². The van der Waals surface area contributed by atoms with E-state index >= 15 is 0 Å². The van der Waals surface area contributed by atoms with Gasteiger partial charge < -0.3 is 14.6 Å². The van der Waals surface area contributed by atoms with Gasteiger partial charge in [0.05, 0.1) is 20.1 Å². The first-order valence-corrected chi connectivity index (χ1v) is 9.42. The molecule has 1 N–H and O–H groups in total. The van der Waals surface area contributed by atoms with E-state index in [0.717, 1.165) is 27.8 Å². The Kier molecular flexibility index (Phi) is 5.83. The van der Waals surface area contributed by atoms with Crippen molar-refractivity contribution in [1.29, 1.82) is 0 Å². The molecule has 3 rings (SSSR count). The summed E-state index contributed by atoms with van der Waals surface area (Å²) >= 11 is 0. The summed E-state index contributed by atoms with van der Waals surface area (Å²) in [4.78, 5) is 30.1. The van der Waals surface area contributed by atoms with Crippen LogP contribution in [-0.2, 0) is 17.8 Å². The third kappa shape index (κ3) is 4.42. The van der Waals surface area contributed by atoms with Gasteiger partial charge >= 0.3 is 0 Å². The number of carbonyl (C=O) groups excluding carboxylic acids is 1. The third-order valence-corrected chi connectivity index (χ3v) is 4.88. The maximum atomic E-state index is 12.9. The zero-order chi connectivity index (χ0) is 20.3. The number of carbonyl (C=O) groups is 1. The van der Waals surface area contributed by atoms with E-state index in [2.05, 4.69) is 4.98 Å². The number of pyridine rings is 1. The molecule has 0 aliphatic rings. The largest absolute Gasteiger partial charge is 0.497 e. The predicted octanol–water partition coefficient (Wildman–Crippen LogP) is 3.82. The summed E-state index contributed by atoms with van der Waals surface area (Å²) in [6.45, 7) is 6.20. The maximum Gasteiger partial charge on any atom is 0.253 e. The molecule has 1 amide bonds. The Hall–Kier alpha value is -3.08. The van der Waals surface area contributed by atoms with Gasteiger partial charge in [-0.05, 0) is 61.5 Å². The Labute approximate surface area is 165 Å². The number of fused-ring (bicyclic) bond motifs is 1. The fraction of sp³-hybridized carbons (Fsp3) is 0.304. The summed E-state index contributed by atoms with van der Waals surface area (Å²) in [6, 6.07) is 15.3. The van der Waals surface area contributed by atoms with E-state index in [9.17, 15) is 9.59 Å². The highest BCUT2D eigenvalue weighted by Crippen LogP contribution is 2.17. The zero-order valence-corrected chi connectivity index (χ0v) is 16.8. The Morgan fingerprint density at radius 3 is 2.46 bits per heavy atom. The summed E-state index contributed by atoms with van der Waals surface area (Å²) < 4.78 is 5.16. The lowest BCUT2D eigenvalue weighted by Crippen LogP contribution is -2.38. The number of nitrogens with one attached hydrogen (secondary N) is 1. The number of aryl methyl sites for hydroxylation is 1. The van der Waals surface area contributed by atoms with E-state index in [0.29, 0.717) is 5.56 Å². The number of hydrogen-bond donors (Lipinski definition) is 1. The van der Waals surface area contributed by atoms with Crippen LogP contribution in [0.5, 0.6) is 5.75 Å². The van der Waals surface area contributed by atoms with Gasteiger partial charge in [0, 0.05) is 17.1 Å². The van der Waals surface area contributed by atoms with Crippen molar-refractivity contribution in [3.63, 3.8) is 0 Å². The molecule has 5 heteroatoms. The number of aromatic nitrogens is 1. The fourth-order valence-electron chi connectivity index (χ4n) is 3.24. The highest BCUT2D eigenvalue weighted by Gasteiger charge is 2.19. The Morgan fingerprint density at radius 1 is 1.11 bits per heavy atom. The quantitative estimate of drug-likeness (QED) is 0.709. The van der Waals surface area contributed by atoms with Crippen molar-refractivity contribution in [2.75, 3.05) is 7.11 Å². The van der Waals surface area contributed by atoms with Crippen molar-refractivity contribution in [1.82, 2.24) is 9.88 Å². The van der Waals surface area contributed by atoms with Gasteiger partial charge in [-0.3, -0.25) is 9.59 Å². The molecule has 0 fully saturated rings. The minimum absolute atomic E-state index is 0.0106. The summed E-state index contributed by atoms with van der Waals surface area (Å²) in [5, 5.41) is 0.964. The number of hydrogen-bond acceptors (Lipinski definition) is 3. The summed E-state index contributed by atoms with van der Waals surface area (Å²) in [7, 11) is 1.61. The number of H-pyrrole nitrogens is 1. The number of methoxy groups -OCH3 is 1. The van der Waals surface area contributed by atoms with Gasteiger partial charge in [-0.25, -0.2) is 0 Å². The number of rotatable bonds is 6. The molecule has 0 aliphatic carbocycles.